The minimum absolute atomic E-state index is 0.134. The van der Waals surface area contributed by atoms with Crippen LogP contribution in [-0.2, 0) is 10.0 Å². The van der Waals surface area contributed by atoms with Crippen LogP contribution in [0.1, 0.15) is 6.92 Å². The molecule has 0 aliphatic carbocycles. The number of pyridine rings is 1. The van der Waals surface area contributed by atoms with Gasteiger partial charge in [-0.1, -0.05) is 6.92 Å². The van der Waals surface area contributed by atoms with E-state index in [0.29, 0.717) is 12.4 Å². The summed E-state index contributed by atoms with van der Waals surface area (Å²) >= 11 is 1.60. The van der Waals surface area contributed by atoms with Gasteiger partial charge in [0.2, 0.25) is 10.0 Å². The number of hydrogen-bond acceptors (Lipinski definition) is 5. The molecule has 7 heteroatoms. The second-order valence-electron chi connectivity index (χ2n) is 3.32. The summed E-state index contributed by atoms with van der Waals surface area (Å²) in [4.78, 5) is 3.88. The van der Waals surface area contributed by atoms with Crippen LogP contribution in [0.15, 0.2) is 23.2 Å². The first-order valence-corrected chi connectivity index (χ1v) is 7.47. The number of sulfonamides is 1. The summed E-state index contributed by atoms with van der Waals surface area (Å²) in [6.07, 6.45) is 3.19. The van der Waals surface area contributed by atoms with Gasteiger partial charge in [0.25, 0.3) is 0 Å². The van der Waals surface area contributed by atoms with Crippen molar-refractivity contribution in [2.75, 3.05) is 18.5 Å². The molecule has 1 rings (SSSR count). The third-order valence-corrected chi connectivity index (χ3v) is 4.41. The van der Waals surface area contributed by atoms with Crippen LogP contribution < -0.4 is 10.5 Å². The highest BCUT2D eigenvalue weighted by Crippen LogP contribution is 2.10. The van der Waals surface area contributed by atoms with Gasteiger partial charge < -0.3 is 5.73 Å². The van der Waals surface area contributed by atoms with Crippen LogP contribution in [0, 0.1) is 0 Å². The molecule has 0 saturated carbocycles. The number of nitrogens with two attached hydrogens (primary N) is 1. The molecule has 0 spiro atoms. The lowest BCUT2D eigenvalue weighted by atomic mass is 10.5. The zero-order chi connectivity index (χ0) is 12.2. The highest BCUT2D eigenvalue weighted by Gasteiger charge is 2.14. The first kappa shape index (κ1) is 13.3. The molecular formula is C9H15N3O2S2. The molecule has 0 fully saturated rings. The Balaban J connectivity index is 2.74. The standard InChI is InChI=1S/C9H15N3O2S2/c1-7(15-2)5-12-16(13,14)8-3-4-9(10)11-6-8/h3-4,6-7,12H,5H2,1-2H3,(H2,10,11). The Kier molecular flexibility index (Phi) is 4.57. The maximum absolute atomic E-state index is 11.8. The van der Waals surface area contributed by atoms with Crippen molar-refractivity contribution in [2.24, 2.45) is 0 Å². The molecule has 3 N–H and O–H groups in total. The van der Waals surface area contributed by atoms with Crippen LogP contribution in [0.25, 0.3) is 0 Å². The Morgan fingerprint density at radius 1 is 1.56 bits per heavy atom. The third kappa shape index (κ3) is 3.66. The lowest BCUT2D eigenvalue weighted by Crippen LogP contribution is -2.29. The molecule has 0 aliphatic heterocycles. The van der Waals surface area contributed by atoms with E-state index in [-0.39, 0.29) is 10.1 Å². The molecule has 0 aliphatic rings. The average Bonchev–Trinajstić information content (AvgIpc) is 2.26. The van der Waals surface area contributed by atoms with E-state index < -0.39 is 10.0 Å². The lowest BCUT2D eigenvalue weighted by Gasteiger charge is -2.10. The largest absolute Gasteiger partial charge is 0.384 e. The Labute approximate surface area is 99.9 Å². The number of nitrogens with zero attached hydrogens (tertiary/aromatic N) is 1. The summed E-state index contributed by atoms with van der Waals surface area (Å²) < 4.78 is 26.0. The maximum Gasteiger partial charge on any atom is 0.242 e. The fourth-order valence-corrected chi connectivity index (χ4v) is 2.37. The van der Waals surface area contributed by atoms with Gasteiger partial charge in [-0.2, -0.15) is 11.8 Å². The summed E-state index contributed by atoms with van der Waals surface area (Å²) in [6, 6.07) is 2.90. The molecular weight excluding hydrogens is 246 g/mol. The molecule has 1 atom stereocenters. The molecule has 0 saturated heterocycles. The van der Waals surface area contributed by atoms with Gasteiger partial charge in [-0.3, -0.25) is 0 Å². The van der Waals surface area contributed by atoms with Crippen LogP contribution in [-0.4, -0.2) is 31.5 Å². The van der Waals surface area contributed by atoms with Crippen molar-refractivity contribution in [1.29, 1.82) is 0 Å². The highest BCUT2D eigenvalue weighted by atomic mass is 32.2. The smallest absolute Gasteiger partial charge is 0.242 e. The van der Waals surface area contributed by atoms with E-state index in [2.05, 4.69) is 9.71 Å². The number of hydrogen-bond donors (Lipinski definition) is 2. The number of nitrogens with one attached hydrogen (secondary N) is 1. The molecule has 0 aromatic carbocycles. The van der Waals surface area contributed by atoms with Gasteiger partial charge in [-0.05, 0) is 18.4 Å². The minimum atomic E-state index is -3.46. The Bertz CT molecular complexity index is 431. The van der Waals surface area contributed by atoms with Crippen LogP contribution in [0.4, 0.5) is 5.82 Å². The number of thioether (sulfide) groups is 1. The minimum Gasteiger partial charge on any atom is -0.384 e. The third-order valence-electron chi connectivity index (χ3n) is 2.03. The first-order valence-electron chi connectivity index (χ1n) is 4.69. The zero-order valence-electron chi connectivity index (χ0n) is 9.17. The van der Waals surface area contributed by atoms with Gasteiger partial charge in [0.05, 0.1) is 0 Å². The highest BCUT2D eigenvalue weighted by molar-refractivity contribution is 7.99. The van der Waals surface area contributed by atoms with Crippen LogP contribution in [0.3, 0.4) is 0 Å². The molecule has 16 heavy (non-hydrogen) atoms. The van der Waals surface area contributed by atoms with Gasteiger partial charge in [-0.15, -0.1) is 0 Å². The van der Waals surface area contributed by atoms with Gasteiger partial charge in [0, 0.05) is 18.0 Å². The van der Waals surface area contributed by atoms with E-state index >= 15 is 0 Å². The fourth-order valence-electron chi connectivity index (χ4n) is 0.944. The molecule has 90 valence electrons. The van der Waals surface area contributed by atoms with E-state index in [1.165, 1.54) is 18.3 Å². The summed E-state index contributed by atoms with van der Waals surface area (Å²) in [7, 11) is -3.46. The zero-order valence-corrected chi connectivity index (χ0v) is 10.8. The van der Waals surface area contributed by atoms with E-state index in [1.54, 1.807) is 11.8 Å². The topological polar surface area (TPSA) is 85.1 Å². The fraction of sp³-hybridized carbons (Fsp3) is 0.444. The molecule has 1 unspecified atom stereocenters. The van der Waals surface area contributed by atoms with Gasteiger partial charge in [0.1, 0.15) is 10.7 Å². The van der Waals surface area contributed by atoms with Crippen LogP contribution in [0.5, 0.6) is 0 Å². The number of anilines is 1. The molecule has 1 heterocycles. The Hall–Kier alpha value is -0.790. The summed E-state index contributed by atoms with van der Waals surface area (Å²) in [6.45, 7) is 2.35. The maximum atomic E-state index is 11.8. The van der Waals surface area contributed by atoms with E-state index in [4.69, 9.17) is 5.73 Å². The van der Waals surface area contributed by atoms with Gasteiger partial charge in [-0.25, -0.2) is 18.1 Å². The Morgan fingerprint density at radius 2 is 2.25 bits per heavy atom. The quantitative estimate of drug-likeness (QED) is 0.814. The van der Waals surface area contributed by atoms with Crippen molar-refractivity contribution in [1.82, 2.24) is 9.71 Å². The average molecular weight is 261 g/mol. The van der Waals surface area contributed by atoms with Crippen molar-refractivity contribution >= 4 is 27.6 Å². The molecule has 5 nitrogen and oxygen atoms in total. The van der Waals surface area contributed by atoms with Gasteiger partial charge >= 0.3 is 0 Å². The Morgan fingerprint density at radius 3 is 2.75 bits per heavy atom. The van der Waals surface area contributed by atoms with Crippen LogP contribution in [0.2, 0.25) is 0 Å². The predicted molar refractivity (Wildman–Crippen MR) is 66.8 cm³/mol. The summed E-state index contributed by atoms with van der Waals surface area (Å²) in [5.74, 6) is 0.302. The number of rotatable bonds is 5. The van der Waals surface area contributed by atoms with E-state index in [9.17, 15) is 8.42 Å². The molecule has 0 radical (unpaired) electrons. The lowest BCUT2D eigenvalue weighted by molar-refractivity contribution is 0.581. The van der Waals surface area contributed by atoms with E-state index in [0.717, 1.165) is 0 Å². The van der Waals surface area contributed by atoms with Crippen molar-refractivity contribution < 1.29 is 8.42 Å². The predicted octanol–water partition coefficient (Wildman–Crippen LogP) is 0.694. The van der Waals surface area contributed by atoms with Crippen molar-refractivity contribution in [3.8, 4) is 0 Å². The second-order valence-corrected chi connectivity index (χ2v) is 6.36. The summed E-state index contributed by atoms with van der Waals surface area (Å²) in [5.41, 5.74) is 5.38. The molecule has 1 aromatic heterocycles. The van der Waals surface area contributed by atoms with Crippen molar-refractivity contribution in [2.45, 2.75) is 17.1 Å². The number of nitrogen functional groups attached to an aromatic ring is 1. The van der Waals surface area contributed by atoms with Gasteiger partial charge in [0.15, 0.2) is 0 Å². The van der Waals surface area contributed by atoms with E-state index in [1.807, 2.05) is 13.2 Å². The molecule has 0 bridgehead atoms. The monoisotopic (exact) mass is 261 g/mol. The number of aromatic nitrogens is 1. The SMILES string of the molecule is CSC(C)CNS(=O)(=O)c1ccc(N)nc1. The van der Waals surface area contributed by atoms with Crippen molar-refractivity contribution in [3.05, 3.63) is 18.3 Å². The second kappa shape index (κ2) is 5.51. The first-order chi connectivity index (χ1) is 7.45. The van der Waals surface area contributed by atoms with Crippen molar-refractivity contribution in [3.63, 3.8) is 0 Å². The molecule has 0 amide bonds. The molecule has 1 aromatic rings. The normalized spacial score (nSPS) is 13.6. The summed E-state index contributed by atoms with van der Waals surface area (Å²) in [5, 5.41) is 0.233. The van der Waals surface area contributed by atoms with Crippen LogP contribution >= 0.6 is 11.8 Å².